The molecule has 0 aliphatic carbocycles. The smallest absolute Gasteiger partial charge is 0.322 e. The number of carbonyl (C=O) groups excluding carboxylic acids is 1. The van der Waals surface area contributed by atoms with E-state index < -0.39 is 35.2 Å². The van der Waals surface area contributed by atoms with Crippen LogP contribution in [-0.2, 0) is 11.0 Å². The van der Waals surface area contributed by atoms with Crippen LogP contribution in [0, 0.1) is 11.6 Å². The molecule has 0 saturated carbocycles. The number of hydrogen-bond donors (Lipinski definition) is 1. The molecule has 0 bridgehead atoms. The fraction of sp³-hybridized carbons (Fsp3) is 0.105. The Kier molecular flexibility index (Phi) is 6.71. The summed E-state index contributed by atoms with van der Waals surface area (Å²) in [5.41, 5.74) is -0.925. The molecule has 1 heterocycles. The Hall–Kier alpha value is -2.53. The largest absolute Gasteiger partial charge is 0.433 e. The van der Waals surface area contributed by atoms with E-state index in [0.717, 1.165) is 12.1 Å². The third-order valence-electron chi connectivity index (χ3n) is 3.67. The van der Waals surface area contributed by atoms with Crippen LogP contribution in [0.3, 0.4) is 0 Å². The van der Waals surface area contributed by atoms with E-state index in [4.69, 9.17) is 0 Å². The molecule has 1 N–H and O–H groups in total. The van der Waals surface area contributed by atoms with Crippen LogP contribution in [-0.4, -0.2) is 21.6 Å². The highest BCUT2D eigenvalue weighted by molar-refractivity contribution is 9.10. The molecule has 0 spiro atoms. The van der Waals surface area contributed by atoms with Gasteiger partial charge in [-0.05, 0) is 28.1 Å². The van der Waals surface area contributed by atoms with Crippen molar-refractivity contribution in [3.05, 3.63) is 70.3 Å². The summed E-state index contributed by atoms with van der Waals surface area (Å²) < 4.78 is 66.6. The van der Waals surface area contributed by atoms with Crippen LogP contribution in [0.15, 0.2) is 58.2 Å². The van der Waals surface area contributed by atoms with Crippen molar-refractivity contribution in [2.45, 2.75) is 11.3 Å². The fourth-order valence-electron chi connectivity index (χ4n) is 2.36. The van der Waals surface area contributed by atoms with E-state index >= 15 is 0 Å². The zero-order valence-corrected chi connectivity index (χ0v) is 17.2. The second-order valence-corrected chi connectivity index (χ2v) is 7.66. The van der Waals surface area contributed by atoms with E-state index in [9.17, 15) is 26.7 Å². The summed E-state index contributed by atoms with van der Waals surface area (Å²) in [6.07, 6.45) is -4.70. The van der Waals surface area contributed by atoms with Gasteiger partial charge < -0.3 is 5.32 Å². The van der Waals surface area contributed by atoms with Crippen LogP contribution in [0.4, 0.5) is 27.6 Å². The predicted octanol–water partition coefficient (Wildman–Crippen LogP) is 5.93. The standard InChI is InChI=1S/C19H11BrF5N3OS/c20-12-6-11(21)7-13(22)17(12)28-16(29)9-30-18-26-14(10-4-2-1-3-5-10)8-15(27-18)19(23,24)25/h1-8H,9H2,(H,28,29). The average Bonchev–Trinajstić information content (AvgIpc) is 2.69. The van der Waals surface area contributed by atoms with Crippen molar-refractivity contribution < 1.29 is 26.7 Å². The van der Waals surface area contributed by atoms with E-state index in [1.807, 2.05) is 0 Å². The summed E-state index contributed by atoms with van der Waals surface area (Å²) >= 11 is 3.59. The third-order valence-corrected chi connectivity index (χ3v) is 5.14. The number of halogens is 6. The average molecular weight is 504 g/mol. The van der Waals surface area contributed by atoms with Crippen LogP contribution < -0.4 is 5.32 Å². The lowest BCUT2D eigenvalue weighted by Crippen LogP contribution is -2.16. The van der Waals surface area contributed by atoms with Gasteiger partial charge in [0.2, 0.25) is 5.91 Å². The molecule has 0 aliphatic rings. The summed E-state index contributed by atoms with van der Waals surface area (Å²) in [5.74, 6) is -2.95. The fourth-order valence-corrected chi connectivity index (χ4v) is 3.52. The number of benzene rings is 2. The van der Waals surface area contributed by atoms with Gasteiger partial charge in [-0.15, -0.1) is 0 Å². The molecule has 156 valence electrons. The molecular formula is C19H11BrF5N3OS. The lowest BCUT2D eigenvalue weighted by atomic mass is 10.1. The molecule has 0 atom stereocenters. The third kappa shape index (κ3) is 5.54. The number of thioether (sulfide) groups is 1. The predicted molar refractivity (Wildman–Crippen MR) is 106 cm³/mol. The van der Waals surface area contributed by atoms with Crippen molar-refractivity contribution in [1.82, 2.24) is 9.97 Å². The molecule has 2 aromatic carbocycles. The highest BCUT2D eigenvalue weighted by Crippen LogP contribution is 2.32. The SMILES string of the molecule is O=C(CSc1nc(-c2ccccc2)cc(C(F)(F)F)n1)Nc1c(F)cc(F)cc1Br. The Morgan fingerprint density at radius 1 is 1.07 bits per heavy atom. The molecule has 0 aliphatic heterocycles. The minimum Gasteiger partial charge on any atom is -0.322 e. The number of nitrogens with one attached hydrogen (secondary N) is 1. The van der Waals surface area contributed by atoms with Gasteiger partial charge in [-0.1, -0.05) is 42.1 Å². The second-order valence-electron chi connectivity index (χ2n) is 5.87. The highest BCUT2D eigenvalue weighted by atomic mass is 79.9. The molecule has 0 saturated heterocycles. The number of amides is 1. The maximum absolute atomic E-state index is 13.8. The number of aromatic nitrogens is 2. The molecule has 0 radical (unpaired) electrons. The first-order valence-electron chi connectivity index (χ1n) is 8.22. The highest BCUT2D eigenvalue weighted by Gasteiger charge is 2.34. The molecule has 3 rings (SSSR count). The summed E-state index contributed by atoms with van der Waals surface area (Å²) in [4.78, 5) is 19.7. The van der Waals surface area contributed by atoms with Crippen molar-refractivity contribution in [2.75, 3.05) is 11.1 Å². The van der Waals surface area contributed by atoms with E-state index in [1.54, 1.807) is 30.3 Å². The van der Waals surface area contributed by atoms with E-state index in [0.29, 0.717) is 23.4 Å². The molecule has 0 fully saturated rings. The molecule has 0 unspecified atom stereocenters. The van der Waals surface area contributed by atoms with Gasteiger partial charge in [-0.3, -0.25) is 4.79 Å². The number of hydrogen-bond acceptors (Lipinski definition) is 4. The maximum atomic E-state index is 13.8. The monoisotopic (exact) mass is 503 g/mol. The van der Waals surface area contributed by atoms with Gasteiger partial charge in [-0.25, -0.2) is 18.7 Å². The van der Waals surface area contributed by atoms with Crippen molar-refractivity contribution in [3.63, 3.8) is 0 Å². The van der Waals surface area contributed by atoms with Crippen LogP contribution in [0.25, 0.3) is 11.3 Å². The van der Waals surface area contributed by atoms with Gasteiger partial charge in [0.05, 0.1) is 17.1 Å². The van der Waals surface area contributed by atoms with Gasteiger partial charge in [0.25, 0.3) is 0 Å². The second kappa shape index (κ2) is 9.09. The summed E-state index contributed by atoms with van der Waals surface area (Å²) in [6.45, 7) is 0. The molecule has 4 nitrogen and oxygen atoms in total. The van der Waals surface area contributed by atoms with Gasteiger partial charge in [0.15, 0.2) is 11.0 Å². The quantitative estimate of drug-likeness (QED) is 0.266. The van der Waals surface area contributed by atoms with E-state index in [-0.39, 0.29) is 21.0 Å². The number of carbonyl (C=O) groups is 1. The zero-order chi connectivity index (χ0) is 21.9. The number of alkyl halides is 3. The Balaban J connectivity index is 1.80. The van der Waals surface area contributed by atoms with Gasteiger partial charge in [0, 0.05) is 16.1 Å². The van der Waals surface area contributed by atoms with Crippen LogP contribution in [0.5, 0.6) is 0 Å². The summed E-state index contributed by atoms with van der Waals surface area (Å²) in [5, 5.41) is 1.97. The molecule has 30 heavy (non-hydrogen) atoms. The zero-order valence-electron chi connectivity index (χ0n) is 14.8. The number of rotatable bonds is 5. The lowest BCUT2D eigenvalue weighted by molar-refractivity contribution is -0.141. The van der Waals surface area contributed by atoms with Gasteiger partial charge in [0.1, 0.15) is 11.5 Å². The van der Waals surface area contributed by atoms with Crippen LogP contribution in [0.2, 0.25) is 0 Å². The van der Waals surface area contributed by atoms with Crippen LogP contribution >= 0.6 is 27.7 Å². The summed E-state index contributed by atoms with van der Waals surface area (Å²) in [7, 11) is 0. The Bertz CT molecular complexity index is 1060. The van der Waals surface area contributed by atoms with Gasteiger partial charge in [-0.2, -0.15) is 13.2 Å². The molecular weight excluding hydrogens is 493 g/mol. The Morgan fingerprint density at radius 2 is 1.77 bits per heavy atom. The number of anilines is 1. The van der Waals surface area contributed by atoms with Crippen molar-refractivity contribution in [3.8, 4) is 11.3 Å². The molecule has 3 aromatic rings. The maximum Gasteiger partial charge on any atom is 0.433 e. The van der Waals surface area contributed by atoms with Gasteiger partial charge >= 0.3 is 6.18 Å². The minimum absolute atomic E-state index is 0.0139. The van der Waals surface area contributed by atoms with Crippen molar-refractivity contribution in [2.24, 2.45) is 0 Å². The first kappa shape index (κ1) is 22.2. The lowest BCUT2D eigenvalue weighted by Gasteiger charge is -2.11. The summed E-state index contributed by atoms with van der Waals surface area (Å²) in [6, 6.07) is 10.6. The number of nitrogens with zero attached hydrogens (tertiary/aromatic N) is 2. The van der Waals surface area contributed by atoms with Crippen LogP contribution in [0.1, 0.15) is 5.69 Å². The Labute approximate surface area is 180 Å². The molecule has 1 amide bonds. The minimum atomic E-state index is -4.70. The molecule has 11 heteroatoms. The topological polar surface area (TPSA) is 54.9 Å². The first-order chi connectivity index (χ1) is 14.1. The Morgan fingerprint density at radius 3 is 2.40 bits per heavy atom. The van der Waals surface area contributed by atoms with Crippen molar-refractivity contribution in [1.29, 1.82) is 0 Å². The normalized spacial score (nSPS) is 11.4. The molecule has 1 aromatic heterocycles. The van der Waals surface area contributed by atoms with Crippen molar-refractivity contribution >= 4 is 39.3 Å². The van der Waals surface area contributed by atoms with E-state index in [1.165, 1.54) is 0 Å². The van der Waals surface area contributed by atoms with E-state index in [2.05, 4.69) is 31.2 Å². The first-order valence-corrected chi connectivity index (χ1v) is 10.0.